The topological polar surface area (TPSA) is 74.1 Å². The molecule has 0 saturated heterocycles. The highest BCUT2D eigenvalue weighted by Crippen LogP contribution is 2.23. The lowest BCUT2D eigenvalue weighted by atomic mass is 10.2. The van der Waals surface area contributed by atoms with Crippen molar-refractivity contribution >= 4 is 23.2 Å². The summed E-state index contributed by atoms with van der Waals surface area (Å²) in [6, 6.07) is 14.6. The molecule has 0 fully saturated rings. The van der Waals surface area contributed by atoms with Gasteiger partial charge < -0.3 is 15.4 Å². The Labute approximate surface area is 151 Å². The molecule has 0 radical (unpaired) electrons. The quantitative estimate of drug-likeness (QED) is 0.610. The normalized spacial score (nSPS) is 10.7. The van der Waals surface area contributed by atoms with Crippen LogP contribution in [-0.4, -0.2) is 13.0 Å². The van der Waals surface area contributed by atoms with E-state index in [-0.39, 0.29) is 5.57 Å². The number of nitrogens with zero attached hydrogens (tertiary/aromatic N) is 1. The third-order valence-corrected chi connectivity index (χ3v) is 4.03. The van der Waals surface area contributed by atoms with Crippen LogP contribution in [0, 0.1) is 18.3 Å². The molecule has 0 aliphatic heterocycles. The molecule has 2 N–H and O–H groups in total. The van der Waals surface area contributed by atoms with Gasteiger partial charge in [-0.15, -0.1) is 0 Å². The fraction of sp³-hybridized carbons (Fsp3) is 0.158. The SMILES string of the molecule is COc1ccc(CNC(=O)/C(C#N)=C\Nc2cccc(Cl)c2C)cc1. The van der Waals surface area contributed by atoms with Gasteiger partial charge in [0.25, 0.3) is 5.91 Å². The fourth-order valence-electron chi connectivity index (χ4n) is 2.08. The van der Waals surface area contributed by atoms with E-state index in [9.17, 15) is 10.1 Å². The number of hydrogen-bond donors (Lipinski definition) is 2. The minimum atomic E-state index is -0.453. The van der Waals surface area contributed by atoms with Crippen LogP contribution in [0.1, 0.15) is 11.1 Å². The second-order valence-electron chi connectivity index (χ2n) is 5.26. The van der Waals surface area contributed by atoms with Crippen LogP contribution >= 0.6 is 11.6 Å². The summed E-state index contributed by atoms with van der Waals surface area (Å²) in [6.45, 7) is 2.17. The first-order valence-electron chi connectivity index (χ1n) is 7.58. The molecule has 2 rings (SSSR count). The molecule has 1 amide bonds. The van der Waals surface area contributed by atoms with Gasteiger partial charge in [-0.2, -0.15) is 5.26 Å². The van der Waals surface area contributed by atoms with Crippen molar-refractivity contribution in [3.63, 3.8) is 0 Å². The summed E-state index contributed by atoms with van der Waals surface area (Å²) >= 11 is 6.05. The summed E-state index contributed by atoms with van der Waals surface area (Å²) in [6.07, 6.45) is 1.38. The summed E-state index contributed by atoms with van der Waals surface area (Å²) in [5.41, 5.74) is 2.47. The van der Waals surface area contributed by atoms with E-state index >= 15 is 0 Å². The van der Waals surface area contributed by atoms with Gasteiger partial charge in [0.05, 0.1) is 7.11 Å². The van der Waals surface area contributed by atoms with E-state index in [0.29, 0.717) is 11.6 Å². The second-order valence-corrected chi connectivity index (χ2v) is 5.66. The molecular weight excluding hydrogens is 338 g/mol. The molecule has 0 saturated carbocycles. The zero-order valence-electron chi connectivity index (χ0n) is 14.0. The number of amides is 1. The molecular formula is C19H18ClN3O2. The second kappa shape index (κ2) is 8.76. The maximum absolute atomic E-state index is 12.2. The fourth-order valence-corrected chi connectivity index (χ4v) is 2.26. The Balaban J connectivity index is 2.00. The minimum absolute atomic E-state index is 0.0205. The average Bonchev–Trinajstić information content (AvgIpc) is 2.64. The summed E-state index contributed by atoms with van der Waals surface area (Å²) in [5.74, 6) is 0.291. The van der Waals surface area contributed by atoms with Gasteiger partial charge in [-0.25, -0.2) is 0 Å². The number of anilines is 1. The Morgan fingerprint density at radius 1 is 1.28 bits per heavy atom. The van der Waals surface area contributed by atoms with Gasteiger partial charge in [0.1, 0.15) is 17.4 Å². The Morgan fingerprint density at radius 3 is 2.64 bits per heavy atom. The van der Waals surface area contributed by atoms with Gasteiger partial charge in [-0.3, -0.25) is 4.79 Å². The van der Waals surface area contributed by atoms with Crippen LogP contribution in [0.25, 0.3) is 0 Å². The Kier molecular flexibility index (Phi) is 6.44. The first kappa shape index (κ1) is 18.4. The van der Waals surface area contributed by atoms with E-state index in [2.05, 4.69) is 10.6 Å². The molecule has 0 unspecified atom stereocenters. The van der Waals surface area contributed by atoms with Crippen LogP contribution in [0.15, 0.2) is 54.2 Å². The highest BCUT2D eigenvalue weighted by Gasteiger charge is 2.09. The molecule has 0 bridgehead atoms. The lowest BCUT2D eigenvalue weighted by Gasteiger charge is -2.08. The third-order valence-electron chi connectivity index (χ3n) is 3.62. The number of nitrogens with one attached hydrogen (secondary N) is 2. The number of rotatable bonds is 6. The molecule has 6 heteroatoms. The van der Waals surface area contributed by atoms with E-state index in [1.54, 1.807) is 19.2 Å². The van der Waals surface area contributed by atoms with Crippen molar-refractivity contribution in [2.45, 2.75) is 13.5 Å². The van der Waals surface area contributed by atoms with Gasteiger partial charge in [0.15, 0.2) is 0 Å². The molecule has 2 aromatic carbocycles. The van der Waals surface area contributed by atoms with Crippen molar-refractivity contribution in [1.82, 2.24) is 5.32 Å². The number of benzene rings is 2. The van der Waals surface area contributed by atoms with Crippen LogP contribution < -0.4 is 15.4 Å². The summed E-state index contributed by atoms with van der Waals surface area (Å²) in [7, 11) is 1.59. The highest BCUT2D eigenvalue weighted by atomic mass is 35.5. The van der Waals surface area contributed by atoms with Gasteiger partial charge in [0.2, 0.25) is 0 Å². The molecule has 0 atom stereocenters. The molecule has 2 aromatic rings. The summed E-state index contributed by atoms with van der Waals surface area (Å²) < 4.78 is 5.09. The predicted molar refractivity (Wildman–Crippen MR) is 98.3 cm³/mol. The number of carbonyl (C=O) groups excluding carboxylic acids is 1. The lowest BCUT2D eigenvalue weighted by molar-refractivity contribution is -0.117. The van der Waals surface area contributed by atoms with E-state index in [1.807, 2.05) is 43.3 Å². The van der Waals surface area contributed by atoms with Crippen LogP contribution in [0.3, 0.4) is 0 Å². The Bertz CT molecular complexity index is 824. The molecule has 0 aliphatic rings. The molecule has 128 valence electrons. The minimum Gasteiger partial charge on any atom is -0.497 e. The van der Waals surface area contributed by atoms with Crippen molar-refractivity contribution < 1.29 is 9.53 Å². The average molecular weight is 356 g/mol. The van der Waals surface area contributed by atoms with Crippen molar-refractivity contribution in [1.29, 1.82) is 5.26 Å². The van der Waals surface area contributed by atoms with E-state index in [4.69, 9.17) is 16.3 Å². The maximum atomic E-state index is 12.2. The van der Waals surface area contributed by atoms with E-state index in [0.717, 1.165) is 22.6 Å². The summed E-state index contributed by atoms with van der Waals surface area (Å²) in [4.78, 5) is 12.2. The Morgan fingerprint density at radius 2 is 2.00 bits per heavy atom. The standard InChI is InChI=1S/C19H18ClN3O2/c1-13-17(20)4-3-5-18(13)22-12-15(10-21)19(24)23-11-14-6-8-16(25-2)9-7-14/h3-9,12,22H,11H2,1-2H3,(H,23,24)/b15-12-. The van der Waals surface area contributed by atoms with Crippen LogP contribution in [0.5, 0.6) is 5.75 Å². The predicted octanol–water partition coefficient (Wildman–Crippen LogP) is 3.79. The molecule has 5 nitrogen and oxygen atoms in total. The first-order valence-corrected chi connectivity index (χ1v) is 7.96. The first-order chi connectivity index (χ1) is 12.0. The van der Waals surface area contributed by atoms with Crippen LogP contribution in [0.2, 0.25) is 5.02 Å². The van der Waals surface area contributed by atoms with Crippen molar-refractivity contribution in [2.24, 2.45) is 0 Å². The largest absolute Gasteiger partial charge is 0.497 e. The zero-order chi connectivity index (χ0) is 18.2. The van der Waals surface area contributed by atoms with Crippen molar-refractivity contribution in [2.75, 3.05) is 12.4 Å². The monoisotopic (exact) mass is 355 g/mol. The summed E-state index contributed by atoms with van der Waals surface area (Å²) in [5, 5.41) is 15.5. The van der Waals surface area contributed by atoms with Gasteiger partial charge in [-0.1, -0.05) is 29.8 Å². The van der Waals surface area contributed by atoms with Gasteiger partial charge in [0, 0.05) is 23.5 Å². The van der Waals surface area contributed by atoms with Crippen LogP contribution in [0.4, 0.5) is 5.69 Å². The van der Waals surface area contributed by atoms with Crippen molar-refractivity contribution in [3.05, 3.63) is 70.4 Å². The highest BCUT2D eigenvalue weighted by molar-refractivity contribution is 6.31. The number of nitriles is 1. The van der Waals surface area contributed by atoms with Crippen molar-refractivity contribution in [3.8, 4) is 11.8 Å². The van der Waals surface area contributed by atoms with Gasteiger partial charge in [-0.05, 0) is 42.3 Å². The number of hydrogen-bond acceptors (Lipinski definition) is 4. The number of halogens is 1. The molecule has 25 heavy (non-hydrogen) atoms. The molecule has 0 aliphatic carbocycles. The third kappa shape index (κ3) is 5.00. The number of carbonyl (C=O) groups is 1. The van der Waals surface area contributed by atoms with E-state index in [1.165, 1.54) is 6.20 Å². The zero-order valence-corrected chi connectivity index (χ0v) is 14.7. The molecule has 0 spiro atoms. The molecule has 0 heterocycles. The number of methoxy groups -OCH3 is 1. The van der Waals surface area contributed by atoms with Crippen LogP contribution in [-0.2, 0) is 11.3 Å². The Hall–Kier alpha value is -2.97. The maximum Gasteiger partial charge on any atom is 0.263 e. The lowest BCUT2D eigenvalue weighted by Crippen LogP contribution is -2.24. The number of ether oxygens (including phenoxy) is 1. The van der Waals surface area contributed by atoms with Gasteiger partial charge >= 0.3 is 0 Å². The smallest absolute Gasteiger partial charge is 0.263 e. The van der Waals surface area contributed by atoms with E-state index < -0.39 is 5.91 Å². The molecule has 0 aromatic heterocycles.